The Bertz CT molecular complexity index is 857. The number of morpholine rings is 1. The van der Waals surface area contributed by atoms with E-state index in [1.807, 2.05) is 24.3 Å². The Morgan fingerprint density at radius 2 is 1.86 bits per heavy atom. The van der Waals surface area contributed by atoms with Crippen molar-refractivity contribution >= 4 is 5.91 Å². The van der Waals surface area contributed by atoms with Crippen LogP contribution in [0.25, 0.3) is 11.3 Å². The van der Waals surface area contributed by atoms with Gasteiger partial charge in [0.1, 0.15) is 11.4 Å². The van der Waals surface area contributed by atoms with Crippen molar-refractivity contribution in [1.82, 2.24) is 14.7 Å². The van der Waals surface area contributed by atoms with Crippen LogP contribution in [0.1, 0.15) is 12.8 Å². The maximum Gasteiger partial charge on any atom is 0.270 e. The first-order valence-corrected chi connectivity index (χ1v) is 9.28. The minimum atomic E-state index is -0.257. The number of nitrogens with zero attached hydrogens (tertiary/aromatic N) is 3. The molecular formula is C20H25N3O5. The van der Waals surface area contributed by atoms with E-state index in [2.05, 4.69) is 5.10 Å². The van der Waals surface area contributed by atoms with E-state index in [-0.39, 0.29) is 11.5 Å². The molecule has 3 rings (SSSR count). The summed E-state index contributed by atoms with van der Waals surface area (Å²) >= 11 is 0. The molecule has 0 radical (unpaired) electrons. The lowest BCUT2D eigenvalue weighted by Gasteiger charge is -2.26. The fourth-order valence-corrected chi connectivity index (χ4v) is 3.09. The molecule has 8 heteroatoms. The molecular weight excluding hydrogens is 362 g/mol. The second-order valence-corrected chi connectivity index (χ2v) is 6.45. The Labute approximate surface area is 163 Å². The zero-order chi connectivity index (χ0) is 19.9. The molecule has 1 aliphatic rings. The van der Waals surface area contributed by atoms with E-state index in [9.17, 15) is 9.59 Å². The van der Waals surface area contributed by atoms with Crippen LogP contribution in [0.15, 0.2) is 35.1 Å². The SMILES string of the molecule is COc1ccc(-c2nn(CCCC(=O)N3CCOCC3)c(=O)cc2OC)cc1. The van der Waals surface area contributed by atoms with Gasteiger partial charge in [0.05, 0.1) is 27.4 Å². The number of benzene rings is 1. The van der Waals surface area contributed by atoms with Gasteiger partial charge in [0.2, 0.25) is 5.91 Å². The van der Waals surface area contributed by atoms with E-state index in [1.54, 1.807) is 12.0 Å². The van der Waals surface area contributed by atoms with Gasteiger partial charge < -0.3 is 19.1 Å². The van der Waals surface area contributed by atoms with E-state index >= 15 is 0 Å². The Morgan fingerprint density at radius 3 is 2.50 bits per heavy atom. The van der Waals surface area contributed by atoms with Gasteiger partial charge in [0, 0.05) is 37.7 Å². The van der Waals surface area contributed by atoms with Crippen LogP contribution in [-0.2, 0) is 16.1 Å². The molecule has 0 bridgehead atoms. The number of ether oxygens (including phenoxy) is 3. The van der Waals surface area contributed by atoms with Gasteiger partial charge in [-0.05, 0) is 30.7 Å². The Morgan fingerprint density at radius 1 is 1.14 bits per heavy atom. The van der Waals surface area contributed by atoms with Gasteiger partial charge in [0.15, 0.2) is 5.75 Å². The number of hydrogen-bond donors (Lipinski definition) is 0. The lowest BCUT2D eigenvalue weighted by Crippen LogP contribution is -2.40. The van der Waals surface area contributed by atoms with Gasteiger partial charge >= 0.3 is 0 Å². The van der Waals surface area contributed by atoms with E-state index in [0.29, 0.717) is 57.1 Å². The van der Waals surface area contributed by atoms with Crippen LogP contribution in [-0.4, -0.2) is 61.1 Å². The van der Waals surface area contributed by atoms with Crippen molar-refractivity contribution in [2.75, 3.05) is 40.5 Å². The third kappa shape index (κ3) is 4.69. The second-order valence-electron chi connectivity index (χ2n) is 6.45. The first-order valence-electron chi connectivity index (χ1n) is 9.28. The number of aromatic nitrogens is 2. The van der Waals surface area contributed by atoms with Gasteiger partial charge in [-0.3, -0.25) is 9.59 Å². The van der Waals surface area contributed by atoms with E-state index < -0.39 is 0 Å². The van der Waals surface area contributed by atoms with Crippen LogP contribution in [0.4, 0.5) is 0 Å². The first kappa shape index (κ1) is 19.9. The van der Waals surface area contributed by atoms with E-state index in [0.717, 1.165) is 11.3 Å². The summed E-state index contributed by atoms with van der Waals surface area (Å²) in [5.41, 5.74) is 1.13. The van der Waals surface area contributed by atoms with Gasteiger partial charge in [-0.15, -0.1) is 0 Å². The lowest BCUT2D eigenvalue weighted by molar-refractivity contribution is -0.135. The lowest BCUT2D eigenvalue weighted by atomic mass is 10.1. The predicted octanol–water partition coefficient (Wildman–Crippen LogP) is 1.57. The van der Waals surface area contributed by atoms with Crippen LogP contribution in [0, 0.1) is 0 Å². The molecule has 0 spiro atoms. The standard InChI is InChI=1S/C20H25N3O5/c1-26-16-7-5-15(6-8-16)20-17(27-2)14-19(25)23(21-20)9-3-4-18(24)22-10-12-28-13-11-22/h5-8,14H,3-4,9-13H2,1-2H3. The van der Waals surface area contributed by atoms with Crippen molar-refractivity contribution in [2.24, 2.45) is 0 Å². The number of hydrogen-bond acceptors (Lipinski definition) is 6. The van der Waals surface area contributed by atoms with Gasteiger partial charge in [-0.25, -0.2) is 4.68 Å². The third-order valence-electron chi connectivity index (χ3n) is 4.67. The maximum absolute atomic E-state index is 12.3. The van der Waals surface area contributed by atoms with Gasteiger partial charge in [-0.1, -0.05) is 0 Å². The highest BCUT2D eigenvalue weighted by atomic mass is 16.5. The highest BCUT2D eigenvalue weighted by Gasteiger charge is 2.17. The number of aryl methyl sites for hydroxylation is 1. The Hall–Kier alpha value is -2.87. The number of rotatable bonds is 7. The molecule has 0 atom stereocenters. The summed E-state index contributed by atoms with van der Waals surface area (Å²) in [5.74, 6) is 1.23. The maximum atomic E-state index is 12.3. The summed E-state index contributed by atoms with van der Waals surface area (Å²) in [6.45, 7) is 2.78. The van der Waals surface area contributed by atoms with Crippen LogP contribution in [0.3, 0.4) is 0 Å². The van der Waals surface area contributed by atoms with Crippen molar-refractivity contribution in [3.05, 3.63) is 40.7 Å². The molecule has 0 unspecified atom stereocenters. The van der Waals surface area contributed by atoms with E-state index in [4.69, 9.17) is 14.2 Å². The molecule has 2 heterocycles. The predicted molar refractivity (Wildman–Crippen MR) is 104 cm³/mol. The van der Waals surface area contributed by atoms with Crippen molar-refractivity contribution in [1.29, 1.82) is 0 Å². The molecule has 1 fully saturated rings. The zero-order valence-electron chi connectivity index (χ0n) is 16.2. The normalized spacial score (nSPS) is 14.0. The molecule has 1 aromatic carbocycles. The quantitative estimate of drug-likeness (QED) is 0.717. The van der Waals surface area contributed by atoms with Crippen molar-refractivity contribution in [3.8, 4) is 22.8 Å². The van der Waals surface area contributed by atoms with Gasteiger partial charge in [0.25, 0.3) is 5.56 Å². The summed E-state index contributed by atoms with van der Waals surface area (Å²) < 4.78 is 17.2. The Balaban J connectivity index is 1.72. The van der Waals surface area contributed by atoms with Crippen LogP contribution in [0.2, 0.25) is 0 Å². The Kier molecular flexibility index (Phi) is 6.65. The molecule has 1 aliphatic heterocycles. The monoisotopic (exact) mass is 387 g/mol. The molecule has 0 N–H and O–H groups in total. The first-order chi connectivity index (χ1) is 13.6. The summed E-state index contributed by atoms with van der Waals surface area (Å²) in [4.78, 5) is 26.4. The van der Waals surface area contributed by atoms with Crippen LogP contribution in [0.5, 0.6) is 11.5 Å². The average molecular weight is 387 g/mol. The molecule has 150 valence electrons. The van der Waals surface area contributed by atoms with Crippen molar-refractivity contribution in [3.63, 3.8) is 0 Å². The van der Waals surface area contributed by atoms with Crippen LogP contribution < -0.4 is 15.0 Å². The molecule has 8 nitrogen and oxygen atoms in total. The average Bonchev–Trinajstić information content (AvgIpc) is 2.75. The highest BCUT2D eigenvalue weighted by Crippen LogP contribution is 2.27. The minimum Gasteiger partial charge on any atom is -0.497 e. The molecule has 2 aromatic rings. The molecule has 28 heavy (non-hydrogen) atoms. The highest BCUT2D eigenvalue weighted by molar-refractivity contribution is 5.76. The smallest absolute Gasteiger partial charge is 0.270 e. The number of carbonyl (C=O) groups is 1. The second kappa shape index (κ2) is 9.36. The molecule has 1 aromatic heterocycles. The molecule has 0 saturated carbocycles. The summed E-state index contributed by atoms with van der Waals surface area (Å²) in [6.07, 6.45) is 0.912. The zero-order valence-corrected chi connectivity index (χ0v) is 16.2. The molecule has 1 amide bonds. The third-order valence-corrected chi connectivity index (χ3v) is 4.67. The summed E-state index contributed by atoms with van der Waals surface area (Å²) in [6, 6.07) is 8.80. The molecule has 0 aliphatic carbocycles. The van der Waals surface area contributed by atoms with E-state index in [1.165, 1.54) is 17.9 Å². The number of carbonyl (C=O) groups excluding carboxylic acids is 1. The fourth-order valence-electron chi connectivity index (χ4n) is 3.09. The van der Waals surface area contributed by atoms with Crippen LogP contribution >= 0.6 is 0 Å². The number of amides is 1. The van der Waals surface area contributed by atoms with Gasteiger partial charge in [-0.2, -0.15) is 5.10 Å². The minimum absolute atomic E-state index is 0.0836. The number of methoxy groups -OCH3 is 2. The fraction of sp³-hybridized carbons (Fsp3) is 0.450. The van der Waals surface area contributed by atoms with Crippen molar-refractivity contribution in [2.45, 2.75) is 19.4 Å². The summed E-state index contributed by atoms with van der Waals surface area (Å²) in [7, 11) is 3.11. The largest absolute Gasteiger partial charge is 0.497 e. The van der Waals surface area contributed by atoms with Crippen molar-refractivity contribution < 1.29 is 19.0 Å². The summed E-state index contributed by atoms with van der Waals surface area (Å²) in [5, 5.41) is 4.47. The molecule has 1 saturated heterocycles. The topological polar surface area (TPSA) is 82.9 Å².